The van der Waals surface area contributed by atoms with Gasteiger partial charge in [0.05, 0.1) is 39.5 Å². The van der Waals surface area contributed by atoms with Crippen molar-refractivity contribution in [1.29, 1.82) is 0 Å². The van der Waals surface area contributed by atoms with E-state index in [2.05, 4.69) is 29.7 Å². The number of rotatable bonds is 15. The monoisotopic (exact) mass is 532 g/mol. The largest absolute Gasteiger partial charge is 0.494 e. The molecule has 10 heteroatoms. The fourth-order valence-corrected chi connectivity index (χ4v) is 4.72. The van der Waals surface area contributed by atoms with Crippen LogP contribution in [0.2, 0.25) is 6.55 Å². The maximum Gasteiger partial charge on any atom is 0.488 e. The van der Waals surface area contributed by atoms with Gasteiger partial charge in [-0.3, -0.25) is 0 Å². The minimum atomic E-state index is -3.07. The standard InChI is InChI=1S/C28H36N6O3Si/c1-5-35-26-17-11-8-14-23(26)20-29-32-38(4,33-30-21-24-15-9-12-18-27(24)36-6-2)34-31-22-25-16-10-13-19-28(25)37-7-3/h8-19H,5-7,20-22H2,1-4H3. The summed E-state index contributed by atoms with van der Waals surface area (Å²) < 4.78 is 30.8. The van der Waals surface area contributed by atoms with E-state index in [0.717, 1.165) is 33.9 Å². The van der Waals surface area contributed by atoms with Gasteiger partial charge >= 0.3 is 8.56 Å². The molecule has 0 aliphatic heterocycles. The minimum Gasteiger partial charge on any atom is -0.494 e. The van der Waals surface area contributed by atoms with Crippen LogP contribution in [0.15, 0.2) is 102 Å². The van der Waals surface area contributed by atoms with Gasteiger partial charge in [0.2, 0.25) is 0 Å². The summed E-state index contributed by atoms with van der Waals surface area (Å²) in [6, 6.07) is 23.4. The van der Waals surface area contributed by atoms with Crippen LogP contribution in [0.3, 0.4) is 0 Å². The Bertz CT molecular complexity index is 1090. The van der Waals surface area contributed by atoms with E-state index in [0.29, 0.717) is 39.5 Å². The molecule has 0 heterocycles. The molecule has 0 spiro atoms. The average molecular weight is 533 g/mol. The van der Waals surface area contributed by atoms with E-state index in [1.165, 1.54) is 0 Å². The van der Waals surface area contributed by atoms with Crippen molar-refractivity contribution in [3.63, 3.8) is 0 Å². The second kappa shape index (κ2) is 15.4. The van der Waals surface area contributed by atoms with Crippen LogP contribution in [0.25, 0.3) is 0 Å². The van der Waals surface area contributed by atoms with Crippen LogP contribution in [0, 0.1) is 0 Å². The van der Waals surface area contributed by atoms with Gasteiger partial charge in [-0.1, -0.05) is 54.6 Å². The van der Waals surface area contributed by atoms with E-state index >= 15 is 0 Å². The molecule has 0 saturated heterocycles. The summed E-state index contributed by atoms with van der Waals surface area (Å²) in [4.78, 5) is 0. The minimum absolute atomic E-state index is 0.351. The first-order valence-electron chi connectivity index (χ1n) is 12.9. The molecular weight excluding hydrogens is 496 g/mol. The van der Waals surface area contributed by atoms with E-state index in [-0.39, 0.29) is 0 Å². The molecule has 3 aromatic rings. The van der Waals surface area contributed by atoms with Crippen LogP contribution in [0.5, 0.6) is 17.2 Å². The Kier molecular flexibility index (Phi) is 11.6. The summed E-state index contributed by atoms with van der Waals surface area (Å²) in [6.07, 6.45) is 0. The molecule has 38 heavy (non-hydrogen) atoms. The number of benzene rings is 3. The lowest BCUT2D eigenvalue weighted by Crippen LogP contribution is -2.21. The Morgan fingerprint density at radius 2 is 0.789 bits per heavy atom. The van der Waals surface area contributed by atoms with E-state index in [1.807, 2.05) is 100 Å². The zero-order valence-corrected chi connectivity index (χ0v) is 23.6. The summed E-state index contributed by atoms with van der Waals surface area (Å²) >= 11 is 0. The van der Waals surface area contributed by atoms with Gasteiger partial charge in [-0.15, -0.1) is 0 Å². The quantitative estimate of drug-likeness (QED) is 0.148. The lowest BCUT2D eigenvalue weighted by Gasteiger charge is -2.11. The lowest BCUT2D eigenvalue weighted by molar-refractivity contribution is 0.336. The third kappa shape index (κ3) is 8.88. The average Bonchev–Trinajstić information content (AvgIpc) is 2.92. The highest BCUT2D eigenvalue weighted by Crippen LogP contribution is 2.23. The third-order valence-electron chi connectivity index (χ3n) is 5.32. The molecular formula is C28H36N6O3Si. The first-order valence-corrected chi connectivity index (χ1v) is 15.2. The molecule has 0 atom stereocenters. The predicted molar refractivity (Wildman–Crippen MR) is 150 cm³/mol. The molecule has 9 nitrogen and oxygen atoms in total. The molecule has 0 saturated carbocycles. The van der Waals surface area contributed by atoms with Gasteiger partial charge < -0.3 is 14.2 Å². The normalized spacial score (nSPS) is 13.3. The molecule has 0 radical (unpaired) electrons. The smallest absolute Gasteiger partial charge is 0.488 e. The van der Waals surface area contributed by atoms with Crippen LogP contribution in [-0.2, 0) is 19.6 Å². The molecule has 0 N–H and O–H groups in total. The first kappa shape index (κ1) is 28.6. The van der Waals surface area contributed by atoms with E-state index in [9.17, 15) is 0 Å². The Hall–Kier alpha value is -3.92. The summed E-state index contributed by atoms with van der Waals surface area (Å²) in [7, 11) is -3.07. The van der Waals surface area contributed by atoms with E-state index in [1.54, 1.807) is 0 Å². The predicted octanol–water partition coefficient (Wildman–Crippen LogP) is 7.71. The summed E-state index contributed by atoms with van der Waals surface area (Å²) in [5.74, 6) is 2.38. The van der Waals surface area contributed by atoms with Crippen molar-refractivity contribution in [2.45, 2.75) is 47.0 Å². The maximum atomic E-state index is 5.71. The van der Waals surface area contributed by atoms with Crippen molar-refractivity contribution in [3.8, 4) is 17.2 Å². The Labute approximate surface area is 225 Å². The second-order valence-electron chi connectivity index (χ2n) is 8.29. The van der Waals surface area contributed by atoms with Gasteiger partial charge in [0, 0.05) is 16.7 Å². The summed E-state index contributed by atoms with van der Waals surface area (Å²) in [5, 5.41) is 13.4. The SMILES string of the molecule is CCOc1ccccc1CN=N[Si](C)(N=NCc1ccccc1OCC)N=NCc1ccccc1OCC. The number of hydrogen-bond donors (Lipinski definition) is 0. The molecule has 3 aromatic carbocycles. The number of nitrogens with zero attached hydrogens (tertiary/aromatic N) is 6. The Morgan fingerprint density at radius 1 is 0.500 bits per heavy atom. The molecule has 0 unspecified atom stereocenters. The van der Waals surface area contributed by atoms with Crippen molar-refractivity contribution >= 4 is 8.56 Å². The van der Waals surface area contributed by atoms with Gasteiger partial charge in [0.15, 0.2) is 0 Å². The van der Waals surface area contributed by atoms with Crippen molar-refractivity contribution in [2.75, 3.05) is 19.8 Å². The number of para-hydroxylation sites is 3. The fourth-order valence-electron chi connectivity index (χ4n) is 3.59. The topological polar surface area (TPSA) is 102 Å². The maximum absolute atomic E-state index is 5.71. The van der Waals surface area contributed by atoms with Crippen LogP contribution < -0.4 is 14.2 Å². The van der Waals surface area contributed by atoms with Gasteiger partial charge in [0.1, 0.15) is 17.2 Å². The number of hydrogen-bond acceptors (Lipinski definition) is 9. The zero-order valence-electron chi connectivity index (χ0n) is 22.6. The van der Waals surface area contributed by atoms with Crippen LogP contribution in [-0.4, -0.2) is 28.4 Å². The van der Waals surface area contributed by atoms with E-state index in [4.69, 9.17) is 14.2 Å². The molecule has 0 bridgehead atoms. The fraction of sp³-hybridized carbons (Fsp3) is 0.357. The van der Waals surface area contributed by atoms with Crippen molar-refractivity contribution in [2.24, 2.45) is 29.7 Å². The second-order valence-corrected chi connectivity index (χ2v) is 10.8. The molecule has 0 aliphatic carbocycles. The summed E-state index contributed by atoms with van der Waals surface area (Å²) in [6.45, 7) is 10.5. The van der Waals surface area contributed by atoms with Crippen molar-refractivity contribution in [1.82, 2.24) is 0 Å². The highest BCUT2D eigenvalue weighted by Gasteiger charge is 2.30. The van der Waals surface area contributed by atoms with Gasteiger partial charge in [-0.25, -0.2) is 0 Å². The molecule has 0 fully saturated rings. The lowest BCUT2D eigenvalue weighted by atomic mass is 10.2. The highest BCUT2D eigenvalue weighted by molar-refractivity contribution is 6.72. The van der Waals surface area contributed by atoms with Crippen LogP contribution in [0.1, 0.15) is 37.5 Å². The zero-order chi connectivity index (χ0) is 27.1. The molecule has 200 valence electrons. The Balaban J connectivity index is 1.81. The molecule has 0 aliphatic rings. The van der Waals surface area contributed by atoms with Gasteiger partial charge in [0.25, 0.3) is 0 Å². The van der Waals surface area contributed by atoms with Crippen molar-refractivity contribution < 1.29 is 14.2 Å². The third-order valence-corrected chi connectivity index (χ3v) is 6.88. The van der Waals surface area contributed by atoms with Crippen LogP contribution >= 0.6 is 0 Å². The van der Waals surface area contributed by atoms with Gasteiger partial charge in [-0.05, 0) is 45.5 Å². The van der Waals surface area contributed by atoms with E-state index < -0.39 is 8.56 Å². The first-order chi connectivity index (χ1) is 18.6. The molecule has 0 aromatic heterocycles. The number of ether oxygens (including phenoxy) is 3. The highest BCUT2D eigenvalue weighted by atomic mass is 28.4. The molecule has 3 rings (SSSR count). The van der Waals surface area contributed by atoms with Crippen LogP contribution in [0.4, 0.5) is 0 Å². The van der Waals surface area contributed by atoms with Crippen molar-refractivity contribution in [3.05, 3.63) is 89.5 Å². The molecule has 0 amide bonds. The summed E-state index contributed by atoms with van der Waals surface area (Å²) in [5.41, 5.74) is 2.83. The van der Waals surface area contributed by atoms with Gasteiger partial charge in [-0.2, -0.15) is 29.7 Å². The Morgan fingerprint density at radius 3 is 1.08 bits per heavy atom.